The normalized spacial score (nSPS) is 40.9. The summed E-state index contributed by atoms with van der Waals surface area (Å²) < 4.78 is 13.6. The Labute approximate surface area is 160 Å². The maximum atomic E-state index is 13.6. The lowest BCUT2D eigenvalue weighted by Crippen LogP contribution is -2.50. The third-order valence-electron chi connectivity index (χ3n) is 6.26. The van der Waals surface area contributed by atoms with Gasteiger partial charge in [0.15, 0.2) is 0 Å². The van der Waals surface area contributed by atoms with Crippen molar-refractivity contribution in [2.24, 2.45) is 5.92 Å². The quantitative estimate of drug-likeness (QED) is 0.432. The summed E-state index contributed by atoms with van der Waals surface area (Å²) in [4.78, 5) is 18.2. The van der Waals surface area contributed by atoms with Gasteiger partial charge in [0, 0.05) is 38.8 Å². The predicted molar refractivity (Wildman–Crippen MR) is 99.2 cm³/mol. The van der Waals surface area contributed by atoms with Gasteiger partial charge in [-0.3, -0.25) is 20.4 Å². The number of nitrogens with zero attached hydrogens (tertiary/aromatic N) is 1. The monoisotopic (exact) mass is 384 g/mol. The molecule has 3 heterocycles. The molecule has 0 aromatic rings. The van der Waals surface area contributed by atoms with Crippen LogP contribution in [-0.4, -0.2) is 74.2 Å². The lowest BCUT2D eigenvalue weighted by molar-refractivity contribution is -0.125. The molecular formula is C18H33FN6O2. The highest BCUT2D eigenvalue weighted by Gasteiger charge is 2.37. The molecule has 1 saturated carbocycles. The number of rotatable bonds is 5. The van der Waals surface area contributed by atoms with Crippen LogP contribution in [0.15, 0.2) is 0 Å². The summed E-state index contributed by atoms with van der Waals surface area (Å²) in [6.45, 7) is 4.12. The maximum absolute atomic E-state index is 13.6. The highest BCUT2D eigenvalue weighted by atomic mass is 19.1. The van der Waals surface area contributed by atoms with Crippen molar-refractivity contribution in [1.82, 2.24) is 31.9 Å². The Morgan fingerprint density at radius 2 is 2.19 bits per heavy atom. The molecule has 27 heavy (non-hydrogen) atoms. The number of alkyl halides is 1. The first-order valence-electron chi connectivity index (χ1n) is 10.5. The first kappa shape index (κ1) is 19.5. The fourth-order valence-electron chi connectivity index (χ4n) is 4.75. The number of nitrogens with one attached hydrogen (secondary N) is 5. The summed E-state index contributed by atoms with van der Waals surface area (Å²) in [6, 6.07) is 0.0708. The van der Waals surface area contributed by atoms with Gasteiger partial charge in [0.1, 0.15) is 12.2 Å². The van der Waals surface area contributed by atoms with E-state index in [0.717, 1.165) is 52.1 Å². The van der Waals surface area contributed by atoms with Gasteiger partial charge >= 0.3 is 0 Å². The maximum Gasteiger partial charge on any atom is 0.239 e. The van der Waals surface area contributed by atoms with E-state index in [9.17, 15) is 9.18 Å². The van der Waals surface area contributed by atoms with Crippen molar-refractivity contribution in [2.45, 2.75) is 68.9 Å². The van der Waals surface area contributed by atoms with Crippen LogP contribution in [0.5, 0.6) is 0 Å². The molecule has 154 valence electrons. The molecule has 4 aliphatic rings. The molecule has 5 N–H and O–H groups in total. The minimum Gasteiger partial charge on any atom is -0.349 e. The summed E-state index contributed by atoms with van der Waals surface area (Å²) in [6.07, 6.45) is 4.55. The van der Waals surface area contributed by atoms with Crippen molar-refractivity contribution < 1.29 is 14.0 Å². The van der Waals surface area contributed by atoms with Gasteiger partial charge < -0.3 is 10.6 Å². The third-order valence-corrected chi connectivity index (χ3v) is 6.26. The van der Waals surface area contributed by atoms with Crippen molar-refractivity contribution in [1.29, 1.82) is 0 Å². The van der Waals surface area contributed by atoms with E-state index in [-0.39, 0.29) is 30.1 Å². The Morgan fingerprint density at radius 1 is 1.26 bits per heavy atom. The largest absolute Gasteiger partial charge is 0.349 e. The van der Waals surface area contributed by atoms with E-state index >= 15 is 0 Å². The Balaban J connectivity index is 1.18. The van der Waals surface area contributed by atoms with Crippen molar-refractivity contribution >= 4 is 5.91 Å². The van der Waals surface area contributed by atoms with Crippen molar-refractivity contribution in [2.75, 3.05) is 32.8 Å². The Morgan fingerprint density at radius 3 is 3.00 bits per heavy atom. The molecule has 0 aromatic heterocycles. The standard InChI is InChI=1S/C18H33FN6O2/c19-13-3-1-2-12(6-13)9-25-10-14(8-22-25)23-18(26)16-7-17(27-24-16)15-4-5-20-11-21-15/h12-17,20-22,24H,1-11H2,(H,23,26). The van der Waals surface area contributed by atoms with Crippen LogP contribution in [0.25, 0.3) is 0 Å². The van der Waals surface area contributed by atoms with Gasteiger partial charge in [-0.05, 0) is 38.1 Å². The molecular weight excluding hydrogens is 351 g/mol. The topological polar surface area (TPSA) is 89.7 Å². The second-order valence-electron chi connectivity index (χ2n) is 8.44. The smallest absolute Gasteiger partial charge is 0.239 e. The number of hydrogen-bond donors (Lipinski definition) is 5. The molecule has 0 aromatic carbocycles. The number of amides is 1. The van der Waals surface area contributed by atoms with E-state index in [2.05, 4.69) is 31.9 Å². The number of hydroxylamine groups is 1. The molecule has 1 aliphatic carbocycles. The van der Waals surface area contributed by atoms with Crippen LogP contribution in [0.4, 0.5) is 4.39 Å². The highest BCUT2D eigenvalue weighted by Crippen LogP contribution is 2.27. The number of carbonyl (C=O) groups is 1. The van der Waals surface area contributed by atoms with Crippen molar-refractivity contribution in [3.8, 4) is 0 Å². The molecule has 0 spiro atoms. The summed E-state index contributed by atoms with van der Waals surface area (Å²) in [5, 5.41) is 11.9. The Kier molecular flexibility index (Phi) is 6.57. The second kappa shape index (κ2) is 9.11. The van der Waals surface area contributed by atoms with E-state index in [1.54, 1.807) is 0 Å². The second-order valence-corrected chi connectivity index (χ2v) is 8.44. The zero-order chi connectivity index (χ0) is 18.6. The van der Waals surface area contributed by atoms with Gasteiger partial charge in [-0.2, -0.15) is 5.48 Å². The SMILES string of the molecule is O=C(NC1CNN(CC2CCCC(F)C2)C1)C1CC(C2CCNCN2)ON1. The fraction of sp³-hybridized carbons (Fsp3) is 0.944. The van der Waals surface area contributed by atoms with Crippen LogP contribution in [0, 0.1) is 5.92 Å². The van der Waals surface area contributed by atoms with Gasteiger partial charge in [-0.1, -0.05) is 6.42 Å². The van der Waals surface area contributed by atoms with Gasteiger partial charge in [-0.25, -0.2) is 9.40 Å². The molecule has 6 unspecified atom stereocenters. The molecule has 4 rings (SSSR count). The van der Waals surface area contributed by atoms with E-state index in [1.807, 2.05) is 0 Å². The van der Waals surface area contributed by atoms with Crippen LogP contribution in [0.2, 0.25) is 0 Å². The molecule has 4 fully saturated rings. The van der Waals surface area contributed by atoms with Gasteiger partial charge in [0.25, 0.3) is 0 Å². The zero-order valence-corrected chi connectivity index (χ0v) is 15.9. The van der Waals surface area contributed by atoms with Crippen LogP contribution in [-0.2, 0) is 9.63 Å². The molecule has 1 amide bonds. The van der Waals surface area contributed by atoms with Crippen LogP contribution in [0.3, 0.4) is 0 Å². The lowest BCUT2D eigenvalue weighted by atomic mass is 9.88. The average molecular weight is 385 g/mol. The van der Waals surface area contributed by atoms with E-state index < -0.39 is 6.17 Å². The molecule has 0 bridgehead atoms. The van der Waals surface area contributed by atoms with Crippen LogP contribution in [0.1, 0.15) is 38.5 Å². The number of halogens is 1. The summed E-state index contributed by atoms with van der Waals surface area (Å²) in [5.74, 6) is 0.417. The van der Waals surface area contributed by atoms with Gasteiger partial charge in [-0.15, -0.1) is 0 Å². The predicted octanol–water partition coefficient (Wildman–Crippen LogP) is -0.609. The summed E-state index contributed by atoms with van der Waals surface area (Å²) in [5.41, 5.74) is 6.26. The molecule has 6 atom stereocenters. The zero-order valence-electron chi connectivity index (χ0n) is 15.9. The summed E-state index contributed by atoms with van der Waals surface area (Å²) >= 11 is 0. The van der Waals surface area contributed by atoms with Crippen LogP contribution < -0.4 is 26.9 Å². The number of carbonyl (C=O) groups excluding carboxylic acids is 1. The number of hydrazine groups is 1. The van der Waals surface area contributed by atoms with Gasteiger partial charge in [0.2, 0.25) is 5.91 Å². The minimum absolute atomic E-state index is 0.00146. The van der Waals surface area contributed by atoms with E-state index in [1.165, 1.54) is 0 Å². The molecule has 3 aliphatic heterocycles. The summed E-state index contributed by atoms with van der Waals surface area (Å²) in [7, 11) is 0. The highest BCUT2D eigenvalue weighted by molar-refractivity contribution is 5.82. The van der Waals surface area contributed by atoms with Crippen molar-refractivity contribution in [3.05, 3.63) is 0 Å². The number of hydrogen-bond acceptors (Lipinski definition) is 7. The fourth-order valence-corrected chi connectivity index (χ4v) is 4.75. The minimum atomic E-state index is -0.641. The van der Waals surface area contributed by atoms with E-state index in [0.29, 0.717) is 25.2 Å². The molecule has 3 saturated heterocycles. The Bertz CT molecular complexity index is 506. The van der Waals surface area contributed by atoms with Crippen molar-refractivity contribution in [3.63, 3.8) is 0 Å². The lowest BCUT2D eigenvalue weighted by Gasteiger charge is -2.28. The van der Waals surface area contributed by atoms with Crippen LogP contribution >= 0.6 is 0 Å². The first-order valence-corrected chi connectivity index (χ1v) is 10.5. The van der Waals surface area contributed by atoms with E-state index in [4.69, 9.17) is 4.84 Å². The first-order chi connectivity index (χ1) is 13.2. The third kappa shape index (κ3) is 5.16. The molecule has 9 heteroatoms. The molecule has 8 nitrogen and oxygen atoms in total. The average Bonchev–Trinajstić information content (AvgIpc) is 3.32. The van der Waals surface area contributed by atoms with Gasteiger partial charge in [0.05, 0.1) is 12.1 Å². The molecule has 0 radical (unpaired) electrons. The Hall–Kier alpha value is -0.840.